The third kappa shape index (κ3) is 5.00. The lowest BCUT2D eigenvalue weighted by atomic mass is 10.2. The van der Waals surface area contributed by atoms with Gasteiger partial charge in [-0.05, 0) is 6.42 Å². The van der Waals surface area contributed by atoms with Gasteiger partial charge in [-0.3, -0.25) is 4.79 Å². The van der Waals surface area contributed by atoms with E-state index in [4.69, 9.17) is 10.2 Å². The van der Waals surface area contributed by atoms with Crippen LogP contribution in [0.25, 0.3) is 0 Å². The molecule has 3 amide bonds. The highest BCUT2D eigenvalue weighted by Crippen LogP contribution is 2.04. The second-order valence-electron chi connectivity index (χ2n) is 4.08. The fourth-order valence-electron chi connectivity index (χ4n) is 1.55. The molecule has 0 aromatic carbocycles. The molecule has 1 aliphatic rings. The molecule has 8 heteroatoms. The van der Waals surface area contributed by atoms with Crippen molar-refractivity contribution >= 4 is 17.9 Å². The van der Waals surface area contributed by atoms with Crippen molar-refractivity contribution in [2.75, 3.05) is 13.1 Å². The Bertz CT molecular complexity index is 333. The smallest absolute Gasteiger partial charge is 0.332 e. The van der Waals surface area contributed by atoms with Crippen LogP contribution in [0.4, 0.5) is 4.79 Å². The Morgan fingerprint density at radius 2 is 2.17 bits per heavy atom. The maximum atomic E-state index is 11.3. The largest absolute Gasteiger partial charge is 0.479 e. The number of rotatable bonds is 6. The normalized spacial score (nSPS) is 20.1. The summed E-state index contributed by atoms with van der Waals surface area (Å²) in [7, 11) is 0. The summed E-state index contributed by atoms with van der Waals surface area (Å²) in [6, 6.07) is -0.499. The van der Waals surface area contributed by atoms with Gasteiger partial charge in [-0.1, -0.05) is 0 Å². The number of aliphatic hydroxyl groups excluding tert-OH is 1. The maximum Gasteiger partial charge on any atom is 0.332 e. The Morgan fingerprint density at radius 1 is 1.44 bits per heavy atom. The lowest BCUT2D eigenvalue weighted by Crippen LogP contribution is -2.43. The van der Waals surface area contributed by atoms with Crippen LogP contribution in [0, 0.1) is 0 Å². The van der Waals surface area contributed by atoms with Gasteiger partial charge in [0, 0.05) is 32.0 Å². The van der Waals surface area contributed by atoms with E-state index in [-0.39, 0.29) is 24.9 Å². The molecular weight excluding hydrogens is 242 g/mol. The average molecular weight is 259 g/mol. The van der Waals surface area contributed by atoms with Crippen molar-refractivity contribution in [3.8, 4) is 0 Å². The molecule has 2 atom stereocenters. The average Bonchev–Trinajstić information content (AvgIpc) is 2.72. The minimum atomic E-state index is -1.47. The van der Waals surface area contributed by atoms with Crippen LogP contribution in [-0.2, 0) is 9.59 Å². The molecule has 5 N–H and O–H groups in total. The van der Waals surface area contributed by atoms with Crippen LogP contribution in [0.5, 0.6) is 0 Å². The van der Waals surface area contributed by atoms with E-state index in [0.29, 0.717) is 19.4 Å². The summed E-state index contributed by atoms with van der Waals surface area (Å²) in [6.45, 7) is 0.398. The third-order valence-corrected chi connectivity index (χ3v) is 2.58. The van der Waals surface area contributed by atoms with Crippen molar-refractivity contribution in [2.45, 2.75) is 31.4 Å². The topological polar surface area (TPSA) is 128 Å². The van der Waals surface area contributed by atoms with Gasteiger partial charge in [0.05, 0.1) is 0 Å². The molecule has 0 bridgehead atoms. The minimum absolute atomic E-state index is 0.0215. The van der Waals surface area contributed by atoms with E-state index < -0.39 is 18.1 Å². The summed E-state index contributed by atoms with van der Waals surface area (Å²) in [5, 5.41) is 25.0. The van der Waals surface area contributed by atoms with Crippen molar-refractivity contribution < 1.29 is 24.6 Å². The van der Waals surface area contributed by atoms with Gasteiger partial charge in [-0.2, -0.15) is 0 Å². The Kier molecular flexibility index (Phi) is 5.37. The van der Waals surface area contributed by atoms with E-state index in [1.165, 1.54) is 0 Å². The van der Waals surface area contributed by atoms with Gasteiger partial charge in [0.1, 0.15) is 0 Å². The third-order valence-electron chi connectivity index (χ3n) is 2.58. The fraction of sp³-hybridized carbons (Fsp3) is 0.700. The highest BCUT2D eigenvalue weighted by atomic mass is 16.4. The number of carbonyl (C=O) groups is 3. The van der Waals surface area contributed by atoms with E-state index in [1.54, 1.807) is 0 Å². The molecule has 102 valence electrons. The Balaban J connectivity index is 2.07. The van der Waals surface area contributed by atoms with Crippen LogP contribution in [0.15, 0.2) is 0 Å². The van der Waals surface area contributed by atoms with Crippen LogP contribution >= 0.6 is 0 Å². The second kappa shape index (κ2) is 6.80. The van der Waals surface area contributed by atoms with Crippen molar-refractivity contribution in [1.82, 2.24) is 16.0 Å². The standard InChI is InChI=1S/C10H17N3O5/c14-7(9(16)17)3-4-11-10(18)12-5-6-1-2-8(15)13-6/h6-7,14H,1-5H2,(H,13,15)(H,16,17)(H2,11,12,18). The van der Waals surface area contributed by atoms with E-state index >= 15 is 0 Å². The molecule has 18 heavy (non-hydrogen) atoms. The summed E-state index contributed by atoms with van der Waals surface area (Å²) < 4.78 is 0. The number of hydrogen-bond acceptors (Lipinski definition) is 4. The minimum Gasteiger partial charge on any atom is -0.479 e. The van der Waals surface area contributed by atoms with Crippen LogP contribution in [0.3, 0.4) is 0 Å². The molecule has 1 saturated heterocycles. The zero-order chi connectivity index (χ0) is 13.5. The summed E-state index contributed by atoms with van der Waals surface area (Å²) in [5.74, 6) is -1.34. The predicted molar refractivity (Wildman–Crippen MR) is 60.8 cm³/mol. The molecule has 0 aliphatic carbocycles. The lowest BCUT2D eigenvalue weighted by Gasteiger charge is -2.12. The summed E-state index contributed by atoms with van der Waals surface area (Å²) in [5.41, 5.74) is 0. The Labute approximate surface area is 104 Å². The highest BCUT2D eigenvalue weighted by Gasteiger charge is 2.20. The second-order valence-corrected chi connectivity index (χ2v) is 4.08. The van der Waals surface area contributed by atoms with Gasteiger partial charge in [0.2, 0.25) is 5.91 Å². The van der Waals surface area contributed by atoms with Crippen molar-refractivity contribution in [3.05, 3.63) is 0 Å². The number of carboxylic acids is 1. The van der Waals surface area contributed by atoms with Crippen LogP contribution < -0.4 is 16.0 Å². The van der Waals surface area contributed by atoms with Gasteiger partial charge in [-0.15, -0.1) is 0 Å². The molecule has 1 rings (SSSR count). The molecule has 0 aromatic heterocycles. The lowest BCUT2D eigenvalue weighted by molar-refractivity contribution is -0.146. The van der Waals surface area contributed by atoms with Crippen molar-refractivity contribution in [2.24, 2.45) is 0 Å². The Morgan fingerprint density at radius 3 is 2.72 bits per heavy atom. The molecule has 1 aliphatic heterocycles. The molecule has 0 saturated carbocycles. The van der Waals surface area contributed by atoms with Crippen LogP contribution in [0.1, 0.15) is 19.3 Å². The predicted octanol–water partition coefficient (Wildman–Crippen LogP) is -1.60. The first-order valence-corrected chi connectivity index (χ1v) is 5.71. The van der Waals surface area contributed by atoms with Crippen LogP contribution in [-0.4, -0.2) is 53.4 Å². The first-order valence-electron chi connectivity index (χ1n) is 5.71. The van der Waals surface area contributed by atoms with Gasteiger partial charge >= 0.3 is 12.0 Å². The van der Waals surface area contributed by atoms with Crippen molar-refractivity contribution in [1.29, 1.82) is 0 Å². The number of nitrogens with one attached hydrogen (secondary N) is 3. The molecule has 1 fully saturated rings. The number of amides is 3. The molecule has 0 aromatic rings. The van der Waals surface area contributed by atoms with Crippen LogP contribution in [0.2, 0.25) is 0 Å². The zero-order valence-corrected chi connectivity index (χ0v) is 9.81. The van der Waals surface area contributed by atoms with Gasteiger partial charge in [0.25, 0.3) is 0 Å². The van der Waals surface area contributed by atoms with Crippen molar-refractivity contribution in [3.63, 3.8) is 0 Å². The van der Waals surface area contributed by atoms with Gasteiger partial charge in [0.15, 0.2) is 6.10 Å². The van der Waals surface area contributed by atoms with Gasteiger partial charge in [-0.25, -0.2) is 9.59 Å². The molecule has 0 radical (unpaired) electrons. The van der Waals surface area contributed by atoms with E-state index in [9.17, 15) is 14.4 Å². The number of hydrogen-bond donors (Lipinski definition) is 5. The van der Waals surface area contributed by atoms with E-state index in [0.717, 1.165) is 0 Å². The fourth-order valence-corrected chi connectivity index (χ4v) is 1.55. The number of aliphatic carboxylic acids is 1. The highest BCUT2D eigenvalue weighted by molar-refractivity contribution is 5.79. The Hall–Kier alpha value is -1.83. The quantitative estimate of drug-likeness (QED) is 0.392. The van der Waals surface area contributed by atoms with Gasteiger partial charge < -0.3 is 26.2 Å². The zero-order valence-electron chi connectivity index (χ0n) is 9.81. The molecule has 0 spiro atoms. The molecule has 2 unspecified atom stereocenters. The summed E-state index contributed by atoms with van der Waals surface area (Å²) >= 11 is 0. The summed E-state index contributed by atoms with van der Waals surface area (Å²) in [6.07, 6.45) is -0.363. The number of carbonyl (C=O) groups excluding carboxylic acids is 2. The molecule has 1 heterocycles. The SMILES string of the molecule is O=C1CCC(CNC(=O)NCCC(O)C(=O)O)N1. The number of aliphatic hydroxyl groups is 1. The molecule has 8 nitrogen and oxygen atoms in total. The van der Waals surface area contributed by atoms with E-state index in [2.05, 4.69) is 16.0 Å². The number of urea groups is 1. The number of carboxylic acid groups (broad SMARTS) is 1. The summed E-state index contributed by atoms with van der Waals surface area (Å²) in [4.78, 5) is 32.4. The van der Waals surface area contributed by atoms with E-state index in [1.807, 2.05) is 0 Å². The first kappa shape index (κ1) is 14.2. The first-order chi connectivity index (χ1) is 8.49. The monoisotopic (exact) mass is 259 g/mol. The molecular formula is C10H17N3O5. The maximum absolute atomic E-state index is 11.3.